The highest BCUT2D eigenvalue weighted by molar-refractivity contribution is 8.00. The van der Waals surface area contributed by atoms with Crippen LogP contribution in [0.2, 0.25) is 0 Å². The normalized spacial score (nSPS) is 12.0. The fraction of sp³-hybridized carbons (Fsp3) is 0.406. The molecule has 186 valence electrons. The number of benzene rings is 3. The smallest absolute Gasteiger partial charge is 0.137 e. The molecule has 3 aromatic carbocycles. The number of ketones is 1. The van der Waals surface area contributed by atoms with Crippen LogP contribution in [0.3, 0.4) is 0 Å². The van der Waals surface area contributed by atoms with E-state index >= 15 is 0 Å². The average molecular weight is 488 g/mol. The number of carbonyl (C=O) groups is 1. The number of hydrogen-bond donors (Lipinski definition) is 1. The van der Waals surface area contributed by atoms with Crippen LogP contribution in [-0.2, 0) is 17.6 Å². The molecule has 0 amide bonds. The molecule has 1 unspecified atom stereocenters. The van der Waals surface area contributed by atoms with Crippen LogP contribution >= 0.6 is 11.9 Å². The first-order valence-electron chi connectivity index (χ1n) is 12.8. The predicted octanol–water partition coefficient (Wildman–Crippen LogP) is 8.54. The van der Waals surface area contributed by atoms with Crippen molar-refractivity contribution >= 4 is 23.4 Å². The van der Waals surface area contributed by atoms with Crippen molar-refractivity contribution in [3.05, 3.63) is 98.6 Å². The van der Waals surface area contributed by atoms with E-state index in [2.05, 4.69) is 94.8 Å². The van der Waals surface area contributed by atoms with Gasteiger partial charge >= 0.3 is 0 Å². The summed E-state index contributed by atoms with van der Waals surface area (Å²) in [7, 11) is 0. The van der Waals surface area contributed by atoms with Gasteiger partial charge in [-0.25, -0.2) is 0 Å². The van der Waals surface area contributed by atoms with E-state index in [1.165, 1.54) is 68.6 Å². The highest BCUT2D eigenvalue weighted by Crippen LogP contribution is 2.31. The molecule has 0 aliphatic heterocycles. The van der Waals surface area contributed by atoms with Crippen molar-refractivity contribution in [1.82, 2.24) is 0 Å². The molecule has 1 atom stereocenters. The second-order valence-corrected chi connectivity index (χ2v) is 11.1. The Morgan fingerprint density at radius 1 is 0.800 bits per heavy atom. The molecule has 0 aliphatic rings. The summed E-state index contributed by atoms with van der Waals surface area (Å²) in [5.74, 6) is 1.26. The summed E-state index contributed by atoms with van der Waals surface area (Å²) in [6.07, 6.45) is 4.24. The fourth-order valence-electron chi connectivity index (χ4n) is 5.20. The number of anilines is 1. The van der Waals surface area contributed by atoms with Crippen LogP contribution in [0.1, 0.15) is 75.8 Å². The number of unbranched alkanes of at least 4 members (excludes halogenated alkanes) is 1. The maximum absolute atomic E-state index is 12.8. The van der Waals surface area contributed by atoms with Gasteiger partial charge in [0, 0.05) is 17.4 Å². The Morgan fingerprint density at radius 2 is 1.40 bits per heavy atom. The lowest BCUT2D eigenvalue weighted by atomic mass is 9.81. The third-order valence-electron chi connectivity index (χ3n) is 6.94. The Labute approximate surface area is 217 Å². The zero-order valence-corrected chi connectivity index (χ0v) is 23.4. The topological polar surface area (TPSA) is 29.1 Å². The van der Waals surface area contributed by atoms with Crippen LogP contribution in [0.15, 0.2) is 48.5 Å². The number of carbonyl (C=O) groups excluding carboxylic acids is 1. The highest BCUT2D eigenvalue weighted by Gasteiger charge is 2.23. The van der Waals surface area contributed by atoms with E-state index in [-0.39, 0.29) is 11.7 Å². The van der Waals surface area contributed by atoms with Crippen molar-refractivity contribution in [2.75, 3.05) is 10.5 Å². The largest absolute Gasteiger partial charge is 0.330 e. The molecule has 0 saturated heterocycles. The highest BCUT2D eigenvalue weighted by atomic mass is 32.2. The van der Waals surface area contributed by atoms with Crippen molar-refractivity contribution in [3.8, 4) is 0 Å². The third-order valence-corrected chi connectivity index (χ3v) is 7.82. The summed E-state index contributed by atoms with van der Waals surface area (Å²) < 4.78 is 3.44. The Kier molecular flexibility index (Phi) is 9.63. The first kappa shape index (κ1) is 27.1. The Morgan fingerprint density at radius 3 is 1.97 bits per heavy atom. The summed E-state index contributed by atoms with van der Waals surface area (Å²) in [4.78, 5) is 12.8. The molecule has 0 spiro atoms. The Balaban J connectivity index is 1.59. The minimum Gasteiger partial charge on any atom is -0.330 e. The fourth-order valence-corrected chi connectivity index (χ4v) is 5.96. The number of rotatable bonds is 11. The van der Waals surface area contributed by atoms with Crippen LogP contribution in [0.5, 0.6) is 0 Å². The van der Waals surface area contributed by atoms with E-state index in [1.807, 2.05) is 0 Å². The molecule has 0 heterocycles. The van der Waals surface area contributed by atoms with Crippen molar-refractivity contribution in [3.63, 3.8) is 0 Å². The number of Topliss-reactive ketones (excluding diaryl/α,β-unsaturated/α-hetero) is 1. The molecule has 0 fully saturated rings. The van der Waals surface area contributed by atoms with E-state index in [0.29, 0.717) is 0 Å². The van der Waals surface area contributed by atoms with Gasteiger partial charge in [0.05, 0.1) is 0 Å². The van der Waals surface area contributed by atoms with Crippen LogP contribution in [0.4, 0.5) is 5.69 Å². The molecule has 2 nitrogen and oxygen atoms in total. The summed E-state index contributed by atoms with van der Waals surface area (Å²) in [5.41, 5.74) is 12.7. The minimum absolute atomic E-state index is 0.0862. The van der Waals surface area contributed by atoms with Gasteiger partial charge in [0.25, 0.3) is 0 Å². The van der Waals surface area contributed by atoms with Crippen LogP contribution < -0.4 is 4.72 Å². The third kappa shape index (κ3) is 7.48. The van der Waals surface area contributed by atoms with Gasteiger partial charge in [0.1, 0.15) is 5.78 Å². The van der Waals surface area contributed by atoms with Crippen molar-refractivity contribution in [1.29, 1.82) is 0 Å². The lowest BCUT2D eigenvalue weighted by Gasteiger charge is -2.22. The van der Waals surface area contributed by atoms with Crippen LogP contribution in [0, 0.1) is 41.5 Å². The predicted molar refractivity (Wildman–Crippen MR) is 154 cm³/mol. The SMILES string of the molecule is CC(=O)C(Cc1c(C)cc(CCCCSNc2ccc(C)cc2)cc1C)c1c(C)cc(C)cc1C. The monoisotopic (exact) mass is 487 g/mol. The van der Waals surface area contributed by atoms with E-state index in [9.17, 15) is 4.79 Å². The van der Waals surface area contributed by atoms with Gasteiger partial charge in [-0.3, -0.25) is 4.79 Å². The van der Waals surface area contributed by atoms with E-state index < -0.39 is 0 Å². The number of nitrogens with one attached hydrogen (secondary N) is 1. The van der Waals surface area contributed by atoms with Crippen molar-refractivity contribution in [2.24, 2.45) is 0 Å². The van der Waals surface area contributed by atoms with Gasteiger partial charge in [-0.15, -0.1) is 0 Å². The molecule has 0 aliphatic carbocycles. The summed E-state index contributed by atoms with van der Waals surface area (Å²) >= 11 is 1.78. The Bertz CT molecular complexity index is 1120. The lowest BCUT2D eigenvalue weighted by Crippen LogP contribution is -2.16. The van der Waals surface area contributed by atoms with Gasteiger partial charge in [0.15, 0.2) is 0 Å². The molecule has 3 aromatic rings. The van der Waals surface area contributed by atoms with E-state index in [4.69, 9.17) is 0 Å². The summed E-state index contributed by atoms with van der Waals surface area (Å²) in [6.45, 7) is 14.7. The molecule has 0 bridgehead atoms. The molecule has 0 aromatic heterocycles. The number of hydrogen-bond acceptors (Lipinski definition) is 3. The van der Waals surface area contributed by atoms with Gasteiger partial charge in [-0.2, -0.15) is 0 Å². The van der Waals surface area contributed by atoms with Crippen LogP contribution in [0.25, 0.3) is 0 Å². The first-order valence-corrected chi connectivity index (χ1v) is 13.8. The van der Waals surface area contributed by atoms with Crippen molar-refractivity contribution < 1.29 is 4.79 Å². The maximum Gasteiger partial charge on any atom is 0.137 e. The average Bonchev–Trinajstić information content (AvgIpc) is 2.77. The quantitative estimate of drug-likeness (QED) is 0.217. The first-order chi connectivity index (χ1) is 16.7. The molecule has 3 heteroatoms. The second-order valence-electron chi connectivity index (χ2n) is 10.2. The zero-order chi connectivity index (χ0) is 25.5. The Hall–Kier alpha value is -2.52. The van der Waals surface area contributed by atoms with Crippen molar-refractivity contribution in [2.45, 2.75) is 80.1 Å². The van der Waals surface area contributed by atoms with Gasteiger partial charge in [-0.1, -0.05) is 59.5 Å². The van der Waals surface area contributed by atoms with E-state index in [1.54, 1.807) is 18.9 Å². The molecular weight excluding hydrogens is 446 g/mol. The standard InChI is InChI=1S/C32H41NOS/c1-21-11-13-29(14-12-21)33-35-15-9-8-10-28-18-23(3)30(24(4)19-28)20-31(27(7)34)32-25(5)16-22(2)17-26(32)6/h11-14,16-19,31,33H,8-10,15,20H2,1-7H3. The van der Waals surface area contributed by atoms with E-state index in [0.717, 1.165) is 18.6 Å². The maximum atomic E-state index is 12.8. The second kappa shape index (κ2) is 12.4. The molecule has 0 saturated carbocycles. The molecule has 1 N–H and O–H groups in total. The summed E-state index contributed by atoms with van der Waals surface area (Å²) in [5, 5.41) is 0. The molecular formula is C32H41NOS. The minimum atomic E-state index is -0.0862. The molecule has 0 radical (unpaired) electrons. The molecule has 35 heavy (non-hydrogen) atoms. The molecule has 3 rings (SSSR count). The lowest BCUT2D eigenvalue weighted by molar-refractivity contribution is -0.118. The zero-order valence-electron chi connectivity index (χ0n) is 22.5. The number of aryl methyl sites for hydroxylation is 7. The van der Waals surface area contributed by atoms with Gasteiger partial charge in [-0.05, 0) is 125 Å². The van der Waals surface area contributed by atoms with Gasteiger partial charge < -0.3 is 4.72 Å². The van der Waals surface area contributed by atoms with Gasteiger partial charge in [0.2, 0.25) is 0 Å². The van der Waals surface area contributed by atoms with Crippen LogP contribution in [-0.4, -0.2) is 11.5 Å². The summed E-state index contributed by atoms with van der Waals surface area (Å²) in [6, 6.07) is 17.6.